The fourth-order valence-electron chi connectivity index (χ4n) is 1.08. The molecule has 0 amide bonds. The lowest BCUT2D eigenvalue weighted by Crippen LogP contribution is -1.94. The molecule has 0 fully saturated rings. The van der Waals surface area contributed by atoms with E-state index in [-0.39, 0.29) is 0 Å². The first-order valence-electron chi connectivity index (χ1n) is 4.36. The lowest BCUT2D eigenvalue weighted by atomic mass is 10.4. The number of aromatic nitrogens is 2. The molecule has 3 nitrogen and oxygen atoms in total. The summed E-state index contributed by atoms with van der Waals surface area (Å²) >= 11 is 10.7. The second-order valence-electron chi connectivity index (χ2n) is 2.94. The number of anilines is 1. The average molecular weight is 317 g/mol. The fourth-order valence-corrected chi connectivity index (χ4v) is 2.63. The zero-order chi connectivity index (χ0) is 11.5. The Hall–Kier alpha value is -0.780. The highest BCUT2D eigenvalue weighted by atomic mass is 79.9. The Kier molecular flexibility index (Phi) is 3.68. The van der Waals surface area contributed by atoms with E-state index in [9.17, 15) is 0 Å². The lowest BCUT2D eigenvalue weighted by Gasteiger charge is -2.04. The van der Waals surface area contributed by atoms with Crippen LogP contribution in [-0.4, -0.2) is 9.97 Å². The van der Waals surface area contributed by atoms with Crippen molar-refractivity contribution in [3.63, 3.8) is 0 Å². The van der Waals surface area contributed by atoms with Crippen molar-refractivity contribution in [2.45, 2.75) is 9.92 Å². The Labute approximate surface area is 111 Å². The number of benzene rings is 1. The molecule has 0 aliphatic heterocycles. The molecule has 82 valence electrons. The Morgan fingerprint density at radius 1 is 1.31 bits per heavy atom. The van der Waals surface area contributed by atoms with Gasteiger partial charge in [0.1, 0.15) is 17.2 Å². The maximum absolute atomic E-state index is 5.90. The summed E-state index contributed by atoms with van der Waals surface area (Å²) in [5, 5.41) is 1.47. The smallest absolute Gasteiger partial charge is 0.142 e. The SMILES string of the molecule is Nc1ncnc(Sc2cccc(Cl)c2)c1Br. The molecule has 0 unspecified atom stereocenters. The van der Waals surface area contributed by atoms with E-state index in [0.717, 1.165) is 9.92 Å². The molecule has 0 saturated heterocycles. The van der Waals surface area contributed by atoms with Gasteiger partial charge < -0.3 is 5.73 Å². The summed E-state index contributed by atoms with van der Waals surface area (Å²) in [4.78, 5) is 9.03. The average Bonchev–Trinajstić information content (AvgIpc) is 2.25. The number of nitrogens with zero attached hydrogens (tertiary/aromatic N) is 2. The van der Waals surface area contributed by atoms with Crippen LogP contribution in [0.4, 0.5) is 5.82 Å². The van der Waals surface area contributed by atoms with Gasteiger partial charge in [-0.05, 0) is 34.1 Å². The topological polar surface area (TPSA) is 51.8 Å². The van der Waals surface area contributed by atoms with Crippen molar-refractivity contribution in [2.75, 3.05) is 5.73 Å². The molecular weight excluding hydrogens is 310 g/mol. The summed E-state index contributed by atoms with van der Waals surface area (Å²) in [7, 11) is 0. The van der Waals surface area contributed by atoms with Crippen LogP contribution >= 0.6 is 39.3 Å². The standard InChI is InChI=1S/C10H7BrClN3S/c11-8-9(13)14-5-15-10(8)16-7-3-1-2-6(12)4-7/h1-5H,(H2,13,14,15). The predicted octanol–water partition coefficient (Wildman–Crippen LogP) is 3.63. The highest BCUT2D eigenvalue weighted by molar-refractivity contribution is 9.10. The van der Waals surface area contributed by atoms with Crippen LogP contribution in [0.25, 0.3) is 0 Å². The van der Waals surface area contributed by atoms with Crippen LogP contribution in [0.1, 0.15) is 0 Å². The van der Waals surface area contributed by atoms with Crippen LogP contribution in [0.3, 0.4) is 0 Å². The van der Waals surface area contributed by atoms with Crippen molar-refractivity contribution < 1.29 is 0 Å². The summed E-state index contributed by atoms with van der Waals surface area (Å²) in [6.45, 7) is 0. The third kappa shape index (κ3) is 2.66. The van der Waals surface area contributed by atoms with Gasteiger partial charge in [-0.25, -0.2) is 9.97 Å². The third-order valence-corrected chi connectivity index (χ3v) is 4.07. The molecule has 2 N–H and O–H groups in total. The first kappa shape index (κ1) is 11.7. The number of rotatable bonds is 2. The zero-order valence-electron chi connectivity index (χ0n) is 8.02. The Morgan fingerprint density at radius 2 is 2.12 bits per heavy atom. The van der Waals surface area contributed by atoms with Gasteiger partial charge in [-0.2, -0.15) is 0 Å². The number of hydrogen-bond donors (Lipinski definition) is 1. The molecule has 1 aromatic heterocycles. The maximum atomic E-state index is 5.90. The first-order valence-corrected chi connectivity index (χ1v) is 6.35. The minimum Gasteiger partial charge on any atom is -0.383 e. The van der Waals surface area contributed by atoms with Crippen molar-refractivity contribution in [2.24, 2.45) is 0 Å². The molecule has 0 aliphatic rings. The Bertz CT molecular complexity index is 521. The second kappa shape index (κ2) is 5.03. The number of hydrogen-bond acceptors (Lipinski definition) is 4. The van der Waals surface area contributed by atoms with Gasteiger partial charge in [0.15, 0.2) is 0 Å². The molecule has 6 heteroatoms. The van der Waals surface area contributed by atoms with Gasteiger partial charge in [0.2, 0.25) is 0 Å². The molecule has 0 spiro atoms. The minimum absolute atomic E-state index is 0.430. The van der Waals surface area contributed by atoms with Gasteiger partial charge in [0, 0.05) is 9.92 Å². The molecular formula is C10H7BrClN3S. The van der Waals surface area contributed by atoms with Crippen LogP contribution in [-0.2, 0) is 0 Å². The molecule has 1 aromatic carbocycles. The second-order valence-corrected chi connectivity index (χ2v) is 5.23. The Morgan fingerprint density at radius 3 is 2.88 bits per heavy atom. The van der Waals surface area contributed by atoms with Crippen molar-refractivity contribution >= 4 is 45.1 Å². The van der Waals surface area contributed by atoms with Crippen LogP contribution < -0.4 is 5.73 Å². The van der Waals surface area contributed by atoms with E-state index in [1.165, 1.54) is 18.1 Å². The molecule has 0 aliphatic carbocycles. The number of nitrogens with two attached hydrogens (primary N) is 1. The normalized spacial score (nSPS) is 10.4. The minimum atomic E-state index is 0.430. The molecule has 0 radical (unpaired) electrons. The van der Waals surface area contributed by atoms with Crippen molar-refractivity contribution in [1.82, 2.24) is 9.97 Å². The summed E-state index contributed by atoms with van der Waals surface area (Å²) in [5.74, 6) is 0.430. The lowest BCUT2D eigenvalue weighted by molar-refractivity contribution is 1.03. The monoisotopic (exact) mass is 315 g/mol. The van der Waals surface area contributed by atoms with Gasteiger partial charge in [0.05, 0.1) is 4.47 Å². The van der Waals surface area contributed by atoms with Crippen molar-refractivity contribution in [3.8, 4) is 0 Å². The zero-order valence-corrected chi connectivity index (χ0v) is 11.2. The van der Waals surface area contributed by atoms with E-state index in [0.29, 0.717) is 15.3 Å². The van der Waals surface area contributed by atoms with E-state index in [2.05, 4.69) is 25.9 Å². The van der Waals surface area contributed by atoms with Crippen LogP contribution in [0.2, 0.25) is 5.02 Å². The molecule has 0 saturated carbocycles. The van der Waals surface area contributed by atoms with E-state index < -0.39 is 0 Å². The molecule has 0 atom stereocenters. The molecule has 0 bridgehead atoms. The van der Waals surface area contributed by atoms with E-state index in [4.69, 9.17) is 17.3 Å². The van der Waals surface area contributed by atoms with Gasteiger partial charge >= 0.3 is 0 Å². The van der Waals surface area contributed by atoms with Crippen molar-refractivity contribution in [3.05, 3.63) is 40.1 Å². The highest BCUT2D eigenvalue weighted by Gasteiger charge is 2.07. The fraction of sp³-hybridized carbons (Fsp3) is 0. The number of nitrogen functional groups attached to an aromatic ring is 1. The summed E-state index contributed by atoms with van der Waals surface area (Å²) in [5.41, 5.74) is 5.67. The Balaban J connectivity index is 2.31. The number of halogens is 2. The molecule has 1 heterocycles. The summed E-state index contributed by atoms with van der Waals surface area (Å²) < 4.78 is 0.708. The predicted molar refractivity (Wildman–Crippen MR) is 69.7 cm³/mol. The highest BCUT2D eigenvalue weighted by Crippen LogP contribution is 2.34. The third-order valence-electron chi connectivity index (χ3n) is 1.80. The maximum Gasteiger partial charge on any atom is 0.142 e. The van der Waals surface area contributed by atoms with Gasteiger partial charge in [-0.3, -0.25) is 0 Å². The molecule has 2 rings (SSSR count). The van der Waals surface area contributed by atoms with Crippen LogP contribution in [0, 0.1) is 0 Å². The quantitative estimate of drug-likeness (QED) is 0.860. The van der Waals surface area contributed by atoms with Crippen LogP contribution in [0.5, 0.6) is 0 Å². The molecule has 16 heavy (non-hydrogen) atoms. The van der Waals surface area contributed by atoms with Gasteiger partial charge in [0.25, 0.3) is 0 Å². The largest absolute Gasteiger partial charge is 0.383 e. The van der Waals surface area contributed by atoms with E-state index >= 15 is 0 Å². The molecule has 2 aromatic rings. The van der Waals surface area contributed by atoms with E-state index in [1.54, 1.807) is 0 Å². The first-order chi connectivity index (χ1) is 7.66. The van der Waals surface area contributed by atoms with Gasteiger partial charge in [-0.1, -0.05) is 29.4 Å². The van der Waals surface area contributed by atoms with E-state index in [1.807, 2.05) is 24.3 Å². The van der Waals surface area contributed by atoms with Crippen molar-refractivity contribution in [1.29, 1.82) is 0 Å². The summed E-state index contributed by atoms with van der Waals surface area (Å²) in [6, 6.07) is 7.55. The van der Waals surface area contributed by atoms with Crippen LogP contribution in [0.15, 0.2) is 45.0 Å². The van der Waals surface area contributed by atoms with Gasteiger partial charge in [-0.15, -0.1) is 0 Å². The summed E-state index contributed by atoms with van der Waals surface area (Å²) in [6.07, 6.45) is 1.44.